The molecule has 0 saturated heterocycles. The van der Waals surface area contributed by atoms with Crippen LogP contribution in [-0.2, 0) is 0 Å². The number of hydrazone groups is 1. The third kappa shape index (κ3) is 6.59. The Morgan fingerprint density at radius 3 is 2.42 bits per heavy atom. The molecule has 0 aliphatic rings. The quantitative estimate of drug-likeness (QED) is 0.392. The van der Waals surface area contributed by atoms with Crippen LogP contribution in [0.1, 0.15) is 50.7 Å². The fraction of sp³-hybridized carbons (Fsp3) is 0.333. The van der Waals surface area contributed by atoms with Crippen molar-refractivity contribution in [2.24, 2.45) is 5.10 Å². The number of benzene rings is 2. The van der Waals surface area contributed by atoms with Crippen molar-refractivity contribution in [2.45, 2.75) is 39.5 Å². The van der Waals surface area contributed by atoms with Crippen LogP contribution in [0.15, 0.2) is 53.6 Å². The number of carbonyl (C=O) groups is 1. The van der Waals surface area contributed by atoms with Crippen LogP contribution in [0.25, 0.3) is 0 Å². The average molecular weight is 353 g/mol. The SMILES string of the molecule is CCCCOc1ccc(NC(=O)NN=Cc2ccc(C(C)C)cc2)cc1. The second-order valence-electron chi connectivity index (χ2n) is 6.37. The Balaban J connectivity index is 1.79. The molecule has 2 rings (SSSR count). The standard InChI is InChI=1S/C21H27N3O2/c1-4-5-14-26-20-12-10-19(11-13-20)23-21(25)24-22-15-17-6-8-18(9-7-17)16(2)3/h6-13,15-16H,4-5,14H2,1-3H3,(H2,23,24,25). The molecule has 5 nitrogen and oxygen atoms in total. The molecule has 2 amide bonds. The van der Waals surface area contributed by atoms with Crippen molar-refractivity contribution < 1.29 is 9.53 Å². The van der Waals surface area contributed by atoms with Gasteiger partial charge in [-0.2, -0.15) is 5.10 Å². The number of hydrogen-bond donors (Lipinski definition) is 2. The number of amides is 2. The number of hydrogen-bond acceptors (Lipinski definition) is 3. The first-order chi connectivity index (χ1) is 12.6. The Labute approximate surface area is 155 Å². The number of nitrogens with one attached hydrogen (secondary N) is 2. The fourth-order valence-electron chi connectivity index (χ4n) is 2.26. The summed E-state index contributed by atoms with van der Waals surface area (Å²) in [7, 11) is 0. The smallest absolute Gasteiger partial charge is 0.339 e. The first-order valence-corrected chi connectivity index (χ1v) is 9.01. The molecule has 0 fully saturated rings. The zero-order valence-electron chi connectivity index (χ0n) is 15.7. The highest BCUT2D eigenvalue weighted by molar-refractivity contribution is 5.90. The summed E-state index contributed by atoms with van der Waals surface area (Å²) in [6.45, 7) is 7.13. The van der Waals surface area contributed by atoms with E-state index in [0.717, 1.165) is 24.2 Å². The van der Waals surface area contributed by atoms with Gasteiger partial charge in [0.1, 0.15) is 5.75 Å². The van der Waals surface area contributed by atoms with Crippen LogP contribution in [0.2, 0.25) is 0 Å². The molecule has 0 spiro atoms. The lowest BCUT2D eigenvalue weighted by Gasteiger charge is -2.07. The molecule has 0 radical (unpaired) electrons. The predicted molar refractivity (Wildman–Crippen MR) is 107 cm³/mol. The van der Waals surface area contributed by atoms with Crippen molar-refractivity contribution in [3.05, 3.63) is 59.7 Å². The van der Waals surface area contributed by atoms with E-state index in [4.69, 9.17) is 4.74 Å². The summed E-state index contributed by atoms with van der Waals surface area (Å²) in [4.78, 5) is 11.9. The number of carbonyl (C=O) groups excluding carboxylic acids is 1. The van der Waals surface area contributed by atoms with E-state index in [1.165, 1.54) is 5.56 Å². The van der Waals surface area contributed by atoms with Crippen LogP contribution in [0, 0.1) is 0 Å². The number of anilines is 1. The average Bonchev–Trinajstić information content (AvgIpc) is 2.64. The van der Waals surface area contributed by atoms with Gasteiger partial charge in [0.25, 0.3) is 0 Å². The van der Waals surface area contributed by atoms with Gasteiger partial charge in [0, 0.05) is 5.69 Å². The van der Waals surface area contributed by atoms with Gasteiger partial charge in [-0.1, -0.05) is 51.5 Å². The minimum absolute atomic E-state index is 0.389. The number of urea groups is 1. The molecule has 0 aliphatic heterocycles. The zero-order chi connectivity index (χ0) is 18.8. The molecule has 2 aromatic carbocycles. The molecule has 0 saturated carbocycles. The second kappa shape index (κ2) is 10.2. The summed E-state index contributed by atoms with van der Waals surface area (Å²) in [5.41, 5.74) is 5.35. The lowest BCUT2D eigenvalue weighted by molar-refractivity contribution is 0.252. The Morgan fingerprint density at radius 1 is 1.12 bits per heavy atom. The van der Waals surface area contributed by atoms with Crippen molar-refractivity contribution in [1.82, 2.24) is 5.43 Å². The normalized spacial score (nSPS) is 10.9. The van der Waals surface area contributed by atoms with Crippen LogP contribution in [-0.4, -0.2) is 18.9 Å². The zero-order valence-corrected chi connectivity index (χ0v) is 15.7. The van der Waals surface area contributed by atoms with Gasteiger partial charge in [-0.05, 0) is 47.7 Å². The summed E-state index contributed by atoms with van der Waals surface area (Å²) < 4.78 is 5.59. The minimum atomic E-state index is -0.389. The first kappa shape index (κ1) is 19.5. The molecule has 2 aromatic rings. The first-order valence-electron chi connectivity index (χ1n) is 9.01. The van der Waals surface area contributed by atoms with Gasteiger partial charge in [0.05, 0.1) is 12.8 Å². The molecule has 26 heavy (non-hydrogen) atoms. The molecule has 2 N–H and O–H groups in total. The van der Waals surface area contributed by atoms with Gasteiger partial charge in [0.2, 0.25) is 0 Å². The fourth-order valence-corrected chi connectivity index (χ4v) is 2.26. The maximum atomic E-state index is 11.9. The monoisotopic (exact) mass is 353 g/mol. The maximum Gasteiger partial charge on any atom is 0.339 e. The summed E-state index contributed by atoms with van der Waals surface area (Å²) in [5, 5.41) is 6.70. The van der Waals surface area contributed by atoms with Gasteiger partial charge in [-0.3, -0.25) is 0 Å². The second-order valence-corrected chi connectivity index (χ2v) is 6.37. The largest absolute Gasteiger partial charge is 0.494 e. The lowest BCUT2D eigenvalue weighted by atomic mass is 10.0. The topological polar surface area (TPSA) is 62.7 Å². The van der Waals surface area contributed by atoms with E-state index in [-0.39, 0.29) is 6.03 Å². The van der Waals surface area contributed by atoms with Crippen molar-refractivity contribution in [2.75, 3.05) is 11.9 Å². The summed E-state index contributed by atoms with van der Waals surface area (Å²) in [6.07, 6.45) is 3.75. The molecular weight excluding hydrogens is 326 g/mol. The van der Waals surface area contributed by atoms with Crippen LogP contribution < -0.4 is 15.5 Å². The molecule has 0 aromatic heterocycles. The highest BCUT2D eigenvalue weighted by atomic mass is 16.5. The van der Waals surface area contributed by atoms with Crippen LogP contribution in [0.3, 0.4) is 0 Å². The summed E-state index contributed by atoms with van der Waals surface area (Å²) >= 11 is 0. The van der Waals surface area contributed by atoms with Crippen LogP contribution >= 0.6 is 0 Å². The van der Waals surface area contributed by atoms with E-state index in [1.807, 2.05) is 24.3 Å². The van der Waals surface area contributed by atoms with Gasteiger partial charge in [0.15, 0.2) is 0 Å². The summed E-state index contributed by atoms with van der Waals surface area (Å²) in [5.74, 6) is 1.29. The molecule has 0 bridgehead atoms. The highest BCUT2D eigenvalue weighted by Gasteiger charge is 2.01. The van der Waals surface area contributed by atoms with Gasteiger partial charge < -0.3 is 10.1 Å². The van der Waals surface area contributed by atoms with E-state index < -0.39 is 0 Å². The molecular formula is C21H27N3O2. The van der Waals surface area contributed by atoms with Crippen LogP contribution in [0.4, 0.5) is 10.5 Å². The van der Waals surface area contributed by atoms with Gasteiger partial charge in [-0.25, -0.2) is 10.2 Å². The molecule has 0 heterocycles. The molecule has 138 valence electrons. The lowest BCUT2D eigenvalue weighted by Crippen LogP contribution is -2.24. The van der Waals surface area contributed by atoms with Crippen LogP contribution in [0.5, 0.6) is 5.75 Å². The van der Waals surface area contributed by atoms with E-state index in [1.54, 1.807) is 18.3 Å². The molecule has 0 aliphatic carbocycles. The predicted octanol–water partition coefficient (Wildman–Crippen LogP) is 5.14. The Bertz CT molecular complexity index is 707. The third-order valence-corrected chi connectivity index (χ3v) is 3.86. The van der Waals surface area contributed by atoms with E-state index in [9.17, 15) is 4.79 Å². The van der Waals surface area contributed by atoms with E-state index >= 15 is 0 Å². The van der Waals surface area contributed by atoms with Crippen molar-refractivity contribution in [3.8, 4) is 5.75 Å². The maximum absolute atomic E-state index is 11.9. The van der Waals surface area contributed by atoms with Crippen molar-refractivity contribution >= 4 is 17.9 Å². The van der Waals surface area contributed by atoms with Gasteiger partial charge >= 0.3 is 6.03 Å². The Morgan fingerprint density at radius 2 is 1.81 bits per heavy atom. The number of nitrogens with zero attached hydrogens (tertiary/aromatic N) is 1. The molecule has 0 unspecified atom stereocenters. The van der Waals surface area contributed by atoms with Crippen molar-refractivity contribution in [1.29, 1.82) is 0 Å². The van der Waals surface area contributed by atoms with Crippen molar-refractivity contribution in [3.63, 3.8) is 0 Å². The Hall–Kier alpha value is -2.82. The minimum Gasteiger partial charge on any atom is -0.494 e. The number of rotatable bonds is 8. The molecule has 0 atom stereocenters. The highest BCUT2D eigenvalue weighted by Crippen LogP contribution is 2.16. The Kier molecular flexibility index (Phi) is 7.68. The summed E-state index contributed by atoms with van der Waals surface area (Å²) in [6, 6.07) is 15.0. The van der Waals surface area contributed by atoms with Gasteiger partial charge in [-0.15, -0.1) is 0 Å². The third-order valence-electron chi connectivity index (χ3n) is 3.86. The van der Waals surface area contributed by atoms with E-state index in [0.29, 0.717) is 18.2 Å². The molecule has 5 heteroatoms. The number of ether oxygens (including phenoxy) is 1. The number of unbranched alkanes of at least 4 members (excludes halogenated alkanes) is 1. The van der Waals surface area contributed by atoms with E-state index in [2.05, 4.69) is 48.7 Å².